The van der Waals surface area contributed by atoms with Gasteiger partial charge in [0.15, 0.2) is 11.6 Å². The highest BCUT2D eigenvalue weighted by Gasteiger charge is 2.33. The van der Waals surface area contributed by atoms with E-state index < -0.39 is 23.2 Å². The van der Waals surface area contributed by atoms with E-state index in [-0.39, 0.29) is 11.5 Å². The molecule has 6 heteroatoms. The van der Waals surface area contributed by atoms with Crippen molar-refractivity contribution in [1.29, 1.82) is 0 Å². The van der Waals surface area contributed by atoms with Crippen molar-refractivity contribution in [3.05, 3.63) is 53.3 Å². The molecule has 2 aromatic rings. The first-order valence-electron chi connectivity index (χ1n) is 5.68. The van der Waals surface area contributed by atoms with E-state index in [9.17, 15) is 17.6 Å². The van der Waals surface area contributed by atoms with Crippen LogP contribution in [0.4, 0.5) is 23.2 Å². The van der Waals surface area contributed by atoms with Gasteiger partial charge in [0.2, 0.25) is 0 Å². The molecule has 2 N–H and O–H groups in total. The minimum atomic E-state index is -4.59. The van der Waals surface area contributed by atoms with Gasteiger partial charge >= 0.3 is 6.18 Å². The number of nitrogens with two attached hydrogens (primary N) is 1. The maximum absolute atomic E-state index is 13.5. The standard InChI is InChI=1S/C14H11F4NO/c1-8-2-4-11(15)13(6-8)20-9-3-5-12(19)10(7-9)14(16,17)18/h2-7H,19H2,1H3. The van der Waals surface area contributed by atoms with Crippen molar-refractivity contribution in [2.45, 2.75) is 13.1 Å². The van der Waals surface area contributed by atoms with E-state index in [0.717, 1.165) is 17.7 Å². The zero-order valence-electron chi connectivity index (χ0n) is 10.5. The molecule has 0 amide bonds. The molecule has 0 fully saturated rings. The highest BCUT2D eigenvalue weighted by atomic mass is 19.4. The van der Waals surface area contributed by atoms with Crippen LogP contribution in [0.25, 0.3) is 0 Å². The number of benzene rings is 2. The Morgan fingerprint density at radius 1 is 1.05 bits per heavy atom. The van der Waals surface area contributed by atoms with E-state index in [4.69, 9.17) is 10.5 Å². The van der Waals surface area contributed by atoms with E-state index in [1.54, 1.807) is 6.92 Å². The first-order valence-corrected chi connectivity index (χ1v) is 5.68. The van der Waals surface area contributed by atoms with Crippen LogP contribution in [0.2, 0.25) is 0 Å². The van der Waals surface area contributed by atoms with E-state index in [0.29, 0.717) is 0 Å². The van der Waals surface area contributed by atoms with E-state index >= 15 is 0 Å². The van der Waals surface area contributed by atoms with Crippen LogP contribution in [-0.4, -0.2) is 0 Å². The maximum Gasteiger partial charge on any atom is 0.418 e. The van der Waals surface area contributed by atoms with Crippen molar-refractivity contribution >= 4 is 5.69 Å². The molecular weight excluding hydrogens is 274 g/mol. The summed E-state index contributed by atoms with van der Waals surface area (Å²) in [7, 11) is 0. The fourth-order valence-electron chi connectivity index (χ4n) is 1.66. The summed E-state index contributed by atoms with van der Waals surface area (Å²) in [6.07, 6.45) is -4.59. The smallest absolute Gasteiger partial charge is 0.418 e. The number of alkyl halides is 3. The van der Waals surface area contributed by atoms with Crippen LogP contribution in [0, 0.1) is 12.7 Å². The van der Waals surface area contributed by atoms with Crippen molar-refractivity contribution in [2.24, 2.45) is 0 Å². The third kappa shape index (κ3) is 3.01. The van der Waals surface area contributed by atoms with Crippen LogP contribution >= 0.6 is 0 Å². The number of nitrogen functional groups attached to an aromatic ring is 1. The zero-order valence-corrected chi connectivity index (χ0v) is 10.5. The summed E-state index contributed by atoms with van der Waals surface area (Å²) in [5.74, 6) is -0.917. The molecule has 0 unspecified atom stereocenters. The van der Waals surface area contributed by atoms with Crippen molar-refractivity contribution in [3.63, 3.8) is 0 Å². The summed E-state index contributed by atoms with van der Waals surface area (Å²) in [6.45, 7) is 1.72. The quantitative estimate of drug-likeness (QED) is 0.650. The van der Waals surface area contributed by atoms with E-state index in [2.05, 4.69) is 0 Å². The molecule has 2 aromatic carbocycles. The summed E-state index contributed by atoms with van der Waals surface area (Å²) in [4.78, 5) is 0. The van der Waals surface area contributed by atoms with Crippen molar-refractivity contribution in [2.75, 3.05) is 5.73 Å². The Labute approximate surface area is 112 Å². The van der Waals surface area contributed by atoms with Crippen LogP contribution in [0.1, 0.15) is 11.1 Å². The Hall–Kier alpha value is -2.24. The molecule has 0 heterocycles. The second-order valence-corrected chi connectivity index (χ2v) is 4.28. The van der Waals surface area contributed by atoms with Gasteiger partial charge in [0.05, 0.1) is 5.56 Å². The molecule has 0 saturated heterocycles. The molecule has 106 valence electrons. The molecule has 2 rings (SSSR count). The Morgan fingerprint density at radius 2 is 1.75 bits per heavy atom. The lowest BCUT2D eigenvalue weighted by Crippen LogP contribution is -2.08. The number of halogens is 4. The van der Waals surface area contributed by atoms with Crippen LogP contribution in [-0.2, 0) is 6.18 Å². The van der Waals surface area contributed by atoms with Crippen molar-refractivity contribution in [1.82, 2.24) is 0 Å². The van der Waals surface area contributed by atoms with Gasteiger partial charge in [-0.15, -0.1) is 0 Å². The fraction of sp³-hybridized carbons (Fsp3) is 0.143. The molecule has 0 spiro atoms. The van der Waals surface area contributed by atoms with Gasteiger partial charge in [-0.05, 0) is 42.8 Å². The molecule has 0 atom stereocenters. The van der Waals surface area contributed by atoms with Crippen LogP contribution in [0.5, 0.6) is 11.5 Å². The third-order valence-electron chi connectivity index (χ3n) is 2.64. The van der Waals surface area contributed by atoms with Crippen LogP contribution in [0.15, 0.2) is 36.4 Å². The van der Waals surface area contributed by atoms with Gasteiger partial charge in [-0.25, -0.2) is 4.39 Å². The first-order chi connectivity index (χ1) is 9.27. The SMILES string of the molecule is Cc1ccc(F)c(Oc2ccc(N)c(C(F)(F)F)c2)c1. The summed E-state index contributed by atoms with van der Waals surface area (Å²) in [6, 6.07) is 7.20. The average molecular weight is 285 g/mol. The molecule has 0 radical (unpaired) electrons. The second kappa shape index (κ2) is 5.03. The predicted octanol–water partition coefficient (Wildman–Crippen LogP) is 4.53. The highest BCUT2D eigenvalue weighted by Crippen LogP contribution is 2.37. The van der Waals surface area contributed by atoms with Gasteiger partial charge in [0.25, 0.3) is 0 Å². The lowest BCUT2D eigenvalue weighted by molar-refractivity contribution is -0.137. The number of aryl methyl sites for hydroxylation is 1. The zero-order chi connectivity index (χ0) is 14.9. The molecule has 0 bridgehead atoms. The topological polar surface area (TPSA) is 35.2 Å². The first kappa shape index (κ1) is 14.2. The minimum absolute atomic E-state index is 0.129. The highest BCUT2D eigenvalue weighted by molar-refractivity contribution is 5.52. The largest absolute Gasteiger partial charge is 0.454 e. The van der Waals surface area contributed by atoms with Crippen molar-refractivity contribution in [3.8, 4) is 11.5 Å². The summed E-state index contributed by atoms with van der Waals surface area (Å²) >= 11 is 0. The predicted molar refractivity (Wildman–Crippen MR) is 67.1 cm³/mol. The molecule has 0 aromatic heterocycles. The lowest BCUT2D eigenvalue weighted by Gasteiger charge is -2.13. The fourth-order valence-corrected chi connectivity index (χ4v) is 1.66. The minimum Gasteiger partial charge on any atom is -0.454 e. The summed E-state index contributed by atoms with van der Waals surface area (Å²) < 4.78 is 56.8. The van der Waals surface area contributed by atoms with Gasteiger partial charge in [0.1, 0.15) is 5.75 Å². The second-order valence-electron chi connectivity index (χ2n) is 4.28. The molecule has 0 saturated carbocycles. The normalized spacial score (nSPS) is 11.4. The Bertz CT molecular complexity index is 638. The lowest BCUT2D eigenvalue weighted by atomic mass is 10.1. The number of anilines is 1. The number of ether oxygens (including phenoxy) is 1. The molecule has 20 heavy (non-hydrogen) atoms. The third-order valence-corrected chi connectivity index (χ3v) is 2.64. The number of rotatable bonds is 2. The maximum atomic E-state index is 13.5. The van der Waals surface area contributed by atoms with Gasteiger partial charge in [-0.2, -0.15) is 13.2 Å². The monoisotopic (exact) mass is 285 g/mol. The molecule has 2 nitrogen and oxygen atoms in total. The van der Waals surface area contributed by atoms with E-state index in [1.165, 1.54) is 24.3 Å². The Kier molecular flexibility index (Phi) is 3.57. The summed E-state index contributed by atoms with van der Waals surface area (Å²) in [5.41, 5.74) is 4.58. The van der Waals surface area contributed by atoms with Crippen LogP contribution in [0.3, 0.4) is 0 Å². The number of hydrogen-bond acceptors (Lipinski definition) is 2. The van der Waals surface area contributed by atoms with E-state index in [1.807, 2.05) is 0 Å². The summed E-state index contributed by atoms with van der Waals surface area (Å²) in [5, 5.41) is 0. The van der Waals surface area contributed by atoms with Crippen LogP contribution < -0.4 is 10.5 Å². The average Bonchev–Trinajstić information content (AvgIpc) is 2.35. The Morgan fingerprint density at radius 3 is 2.40 bits per heavy atom. The molecular formula is C14H11F4NO. The van der Waals surface area contributed by atoms with Crippen molar-refractivity contribution < 1.29 is 22.3 Å². The Balaban J connectivity index is 2.37. The van der Waals surface area contributed by atoms with Gasteiger partial charge in [-0.1, -0.05) is 6.07 Å². The van der Waals surface area contributed by atoms with Gasteiger partial charge in [0, 0.05) is 5.69 Å². The number of hydrogen-bond donors (Lipinski definition) is 1. The molecule has 0 aliphatic rings. The molecule has 0 aliphatic heterocycles. The molecule has 0 aliphatic carbocycles. The van der Waals surface area contributed by atoms with Gasteiger partial charge < -0.3 is 10.5 Å². The van der Waals surface area contributed by atoms with Gasteiger partial charge in [-0.3, -0.25) is 0 Å².